The van der Waals surface area contributed by atoms with Crippen LogP contribution in [0, 0.1) is 5.82 Å². The van der Waals surface area contributed by atoms with Crippen molar-refractivity contribution < 1.29 is 14.0 Å². The third kappa shape index (κ3) is 4.30. The van der Waals surface area contributed by atoms with Crippen LogP contribution in [0.2, 0.25) is 0 Å². The number of benzene rings is 2. The van der Waals surface area contributed by atoms with E-state index in [0.29, 0.717) is 21.8 Å². The van der Waals surface area contributed by atoms with Crippen molar-refractivity contribution in [3.8, 4) is 0 Å². The molecule has 2 N–H and O–H groups in total. The van der Waals surface area contributed by atoms with Crippen LogP contribution in [0.15, 0.2) is 60.0 Å². The zero-order chi connectivity index (χ0) is 20.2. The van der Waals surface area contributed by atoms with Crippen molar-refractivity contribution in [1.29, 1.82) is 0 Å². The summed E-state index contributed by atoms with van der Waals surface area (Å²) in [4.78, 5) is 27.5. The molecule has 0 saturated carbocycles. The van der Waals surface area contributed by atoms with E-state index in [2.05, 4.69) is 15.5 Å². The van der Waals surface area contributed by atoms with Gasteiger partial charge in [-0.1, -0.05) is 12.1 Å². The van der Waals surface area contributed by atoms with Crippen molar-refractivity contribution in [3.05, 3.63) is 76.2 Å². The topological polar surface area (TPSA) is 61.4 Å². The normalized spacial score (nSPS) is 13.3. The van der Waals surface area contributed by atoms with Gasteiger partial charge in [-0.2, -0.15) is 0 Å². The first-order valence-corrected chi connectivity index (χ1v) is 10.3. The van der Waals surface area contributed by atoms with Gasteiger partial charge in [-0.05, 0) is 60.7 Å². The van der Waals surface area contributed by atoms with Crippen LogP contribution in [0.5, 0.6) is 0 Å². The van der Waals surface area contributed by atoms with E-state index >= 15 is 0 Å². The van der Waals surface area contributed by atoms with E-state index in [1.807, 2.05) is 17.5 Å². The van der Waals surface area contributed by atoms with Crippen LogP contribution in [-0.4, -0.2) is 24.9 Å². The number of hydrogen-bond donors (Lipinski definition) is 2. The predicted octanol–water partition coefficient (Wildman–Crippen LogP) is 4.99. The number of hydrogen-bond acceptors (Lipinski definition) is 4. The molecule has 148 valence electrons. The number of nitrogens with zero attached hydrogens (tertiary/aromatic N) is 1. The molecule has 5 nitrogen and oxygen atoms in total. The molecule has 2 heterocycles. The summed E-state index contributed by atoms with van der Waals surface area (Å²) in [6, 6.07) is 14.9. The highest BCUT2D eigenvalue weighted by molar-refractivity contribution is 7.12. The largest absolute Gasteiger partial charge is 0.370 e. The molecule has 1 aliphatic rings. The molecule has 2 aromatic carbocycles. The lowest BCUT2D eigenvalue weighted by atomic mass is 10.1. The highest BCUT2D eigenvalue weighted by atomic mass is 32.1. The van der Waals surface area contributed by atoms with Gasteiger partial charge < -0.3 is 15.5 Å². The number of nitrogens with one attached hydrogen (secondary N) is 2. The van der Waals surface area contributed by atoms with E-state index in [-0.39, 0.29) is 11.6 Å². The maximum absolute atomic E-state index is 14.4. The lowest BCUT2D eigenvalue weighted by molar-refractivity contribution is 0.102. The average molecular weight is 409 g/mol. The van der Waals surface area contributed by atoms with Crippen LogP contribution >= 0.6 is 11.3 Å². The van der Waals surface area contributed by atoms with Crippen molar-refractivity contribution >= 4 is 40.2 Å². The molecule has 0 bridgehead atoms. The molecule has 0 aliphatic carbocycles. The first-order valence-electron chi connectivity index (χ1n) is 9.41. The predicted molar refractivity (Wildman–Crippen MR) is 115 cm³/mol. The molecule has 0 radical (unpaired) electrons. The molecule has 1 aromatic heterocycles. The fourth-order valence-corrected chi connectivity index (χ4v) is 3.97. The Morgan fingerprint density at radius 2 is 1.66 bits per heavy atom. The first kappa shape index (κ1) is 19.1. The summed E-state index contributed by atoms with van der Waals surface area (Å²) in [5.74, 6) is -1.05. The van der Waals surface area contributed by atoms with E-state index in [1.54, 1.807) is 36.4 Å². The monoisotopic (exact) mass is 409 g/mol. The van der Waals surface area contributed by atoms with Gasteiger partial charge in [0.25, 0.3) is 11.8 Å². The first-order chi connectivity index (χ1) is 14.1. The molecule has 1 aliphatic heterocycles. The summed E-state index contributed by atoms with van der Waals surface area (Å²) in [5, 5.41) is 7.34. The molecule has 3 aromatic rings. The fourth-order valence-electron chi connectivity index (χ4n) is 3.35. The Kier molecular flexibility index (Phi) is 5.57. The maximum Gasteiger partial charge on any atom is 0.265 e. The molecule has 7 heteroatoms. The quantitative estimate of drug-likeness (QED) is 0.624. The number of thiophene rings is 1. The molecular weight excluding hydrogens is 389 g/mol. The fraction of sp³-hybridized carbons (Fsp3) is 0.182. The molecule has 0 atom stereocenters. The average Bonchev–Trinajstić information content (AvgIpc) is 3.44. The Hall–Kier alpha value is -3.19. The second-order valence-electron chi connectivity index (χ2n) is 6.79. The third-order valence-corrected chi connectivity index (χ3v) is 5.70. The van der Waals surface area contributed by atoms with Gasteiger partial charge in [0.05, 0.1) is 10.6 Å². The molecule has 1 fully saturated rings. The van der Waals surface area contributed by atoms with Gasteiger partial charge in [0.1, 0.15) is 11.5 Å². The summed E-state index contributed by atoms with van der Waals surface area (Å²) in [5.41, 5.74) is 1.88. The van der Waals surface area contributed by atoms with Crippen molar-refractivity contribution in [3.63, 3.8) is 0 Å². The Morgan fingerprint density at radius 3 is 2.34 bits per heavy atom. The van der Waals surface area contributed by atoms with Crippen LogP contribution < -0.4 is 15.5 Å². The molecule has 4 rings (SSSR count). The summed E-state index contributed by atoms with van der Waals surface area (Å²) < 4.78 is 14.4. The summed E-state index contributed by atoms with van der Waals surface area (Å²) in [6.45, 7) is 1.70. The number of amides is 2. The Morgan fingerprint density at radius 1 is 0.897 bits per heavy atom. The van der Waals surface area contributed by atoms with Gasteiger partial charge in [-0.25, -0.2) is 4.39 Å². The van der Waals surface area contributed by atoms with Crippen molar-refractivity contribution in [1.82, 2.24) is 0 Å². The lowest BCUT2D eigenvalue weighted by Gasteiger charge is -2.22. The van der Waals surface area contributed by atoms with Crippen LogP contribution in [0.4, 0.5) is 21.5 Å². The molecule has 0 spiro atoms. The highest BCUT2D eigenvalue weighted by Gasteiger charge is 2.20. The number of carbonyl (C=O) groups excluding carboxylic acids is 2. The summed E-state index contributed by atoms with van der Waals surface area (Å²) in [7, 11) is 0. The van der Waals surface area contributed by atoms with Crippen LogP contribution in [-0.2, 0) is 0 Å². The minimum atomic E-state index is -0.456. The number of anilines is 3. The zero-order valence-corrected chi connectivity index (χ0v) is 16.5. The Labute approximate surface area is 172 Å². The highest BCUT2D eigenvalue weighted by Crippen LogP contribution is 2.31. The van der Waals surface area contributed by atoms with E-state index < -0.39 is 11.7 Å². The standard InChI is InChI=1S/C22H20FN3O2S/c23-17-5-3-6-18(26-12-1-2-13-26)20(17)25-21(27)15-8-10-16(11-9-15)24-22(28)19-7-4-14-29-19/h3-11,14H,1-2,12-13H2,(H,24,28)(H,25,27). The van der Waals surface area contributed by atoms with E-state index in [0.717, 1.165) is 25.9 Å². The maximum atomic E-state index is 14.4. The number of para-hydroxylation sites is 1. The Balaban J connectivity index is 1.47. The molecular formula is C22H20FN3O2S. The van der Waals surface area contributed by atoms with Crippen LogP contribution in [0.1, 0.15) is 32.9 Å². The Bertz CT molecular complexity index is 1010. The number of carbonyl (C=O) groups is 2. The number of halogens is 1. The van der Waals surface area contributed by atoms with Gasteiger partial charge in [0, 0.05) is 24.3 Å². The van der Waals surface area contributed by atoms with Gasteiger partial charge in [-0.15, -0.1) is 11.3 Å². The molecule has 0 unspecified atom stereocenters. The van der Waals surface area contributed by atoms with Crippen molar-refractivity contribution in [2.24, 2.45) is 0 Å². The summed E-state index contributed by atoms with van der Waals surface area (Å²) >= 11 is 1.36. The lowest BCUT2D eigenvalue weighted by Crippen LogP contribution is -2.22. The van der Waals surface area contributed by atoms with Gasteiger partial charge >= 0.3 is 0 Å². The molecule has 29 heavy (non-hydrogen) atoms. The third-order valence-electron chi connectivity index (χ3n) is 4.83. The second-order valence-corrected chi connectivity index (χ2v) is 7.74. The SMILES string of the molecule is O=C(Nc1c(F)cccc1N1CCCC1)c1ccc(NC(=O)c2cccs2)cc1. The van der Waals surface area contributed by atoms with Gasteiger partial charge in [0.2, 0.25) is 0 Å². The second kappa shape index (κ2) is 8.45. The van der Waals surface area contributed by atoms with Crippen LogP contribution in [0.3, 0.4) is 0 Å². The van der Waals surface area contributed by atoms with E-state index in [9.17, 15) is 14.0 Å². The van der Waals surface area contributed by atoms with Crippen LogP contribution in [0.25, 0.3) is 0 Å². The minimum Gasteiger partial charge on any atom is -0.370 e. The molecule has 1 saturated heterocycles. The zero-order valence-electron chi connectivity index (χ0n) is 15.7. The van der Waals surface area contributed by atoms with Crippen molar-refractivity contribution in [2.75, 3.05) is 28.6 Å². The van der Waals surface area contributed by atoms with E-state index in [1.165, 1.54) is 17.4 Å². The minimum absolute atomic E-state index is 0.196. The van der Waals surface area contributed by atoms with E-state index in [4.69, 9.17) is 0 Å². The summed E-state index contributed by atoms with van der Waals surface area (Å²) in [6.07, 6.45) is 2.12. The smallest absolute Gasteiger partial charge is 0.265 e. The van der Waals surface area contributed by atoms with Gasteiger partial charge in [-0.3, -0.25) is 9.59 Å². The molecule has 2 amide bonds. The van der Waals surface area contributed by atoms with Gasteiger partial charge in [0.15, 0.2) is 0 Å². The van der Waals surface area contributed by atoms with Crippen molar-refractivity contribution in [2.45, 2.75) is 12.8 Å². The number of rotatable bonds is 5.